The molecule has 1 aromatic heterocycles. The molecule has 0 saturated heterocycles. The van der Waals surface area contributed by atoms with Crippen LogP contribution in [0.4, 0.5) is 17.1 Å². The molecule has 3 aliphatic rings. The van der Waals surface area contributed by atoms with Crippen molar-refractivity contribution in [3.8, 4) is 16.8 Å². The highest BCUT2D eigenvalue weighted by molar-refractivity contribution is 6.16. The van der Waals surface area contributed by atoms with Crippen LogP contribution in [0.1, 0.15) is 67.5 Å². The van der Waals surface area contributed by atoms with E-state index < -0.39 is 0 Å². The summed E-state index contributed by atoms with van der Waals surface area (Å²) in [6.45, 7) is 14.9. The number of hydrogen-bond acceptors (Lipinski definition) is 2. The maximum atomic E-state index is 5.34. The molecule has 63 heavy (non-hydrogen) atoms. The van der Waals surface area contributed by atoms with E-state index in [0.717, 1.165) is 47.7 Å². The molecule has 2 aliphatic carbocycles. The van der Waals surface area contributed by atoms with Crippen LogP contribution in [0.2, 0.25) is 0 Å². The van der Waals surface area contributed by atoms with Gasteiger partial charge in [-0.15, -0.1) is 13.2 Å². The number of aliphatic imine (C=N–C) groups is 2. The van der Waals surface area contributed by atoms with Crippen molar-refractivity contribution in [1.82, 2.24) is 4.57 Å². The first-order chi connectivity index (χ1) is 31.1. The molecule has 0 fully saturated rings. The third kappa shape index (κ3) is 7.67. The summed E-state index contributed by atoms with van der Waals surface area (Å²) >= 11 is 0. The van der Waals surface area contributed by atoms with E-state index in [-0.39, 0.29) is 0 Å². The molecule has 0 saturated carbocycles. The minimum atomic E-state index is 0.542. The predicted molar refractivity (Wildman–Crippen MR) is 270 cm³/mol. The van der Waals surface area contributed by atoms with Gasteiger partial charge in [0.05, 0.1) is 23.3 Å². The van der Waals surface area contributed by atoms with Gasteiger partial charge in [0.25, 0.3) is 0 Å². The van der Waals surface area contributed by atoms with Gasteiger partial charge in [-0.1, -0.05) is 148 Å². The van der Waals surface area contributed by atoms with E-state index in [4.69, 9.17) is 9.98 Å². The van der Waals surface area contributed by atoms with E-state index in [2.05, 4.69) is 212 Å². The van der Waals surface area contributed by atoms with Crippen molar-refractivity contribution in [3.63, 3.8) is 0 Å². The van der Waals surface area contributed by atoms with Crippen molar-refractivity contribution in [3.05, 3.63) is 228 Å². The Hall–Kier alpha value is -7.30. The second-order valence-corrected chi connectivity index (χ2v) is 16.2. The monoisotopic (exact) mass is 818 g/mol. The fourth-order valence-corrected chi connectivity index (χ4v) is 9.44. The minimum Gasteiger partial charge on any atom is -0.310 e. The van der Waals surface area contributed by atoms with Crippen molar-refractivity contribution in [1.29, 1.82) is 0 Å². The lowest BCUT2D eigenvalue weighted by atomic mass is 9.93. The van der Waals surface area contributed by atoms with E-state index in [1.54, 1.807) is 0 Å². The van der Waals surface area contributed by atoms with E-state index >= 15 is 0 Å². The molecule has 1 atom stereocenters. The summed E-state index contributed by atoms with van der Waals surface area (Å²) in [7, 11) is 0. The van der Waals surface area contributed by atoms with Gasteiger partial charge in [0.15, 0.2) is 5.84 Å². The van der Waals surface area contributed by atoms with Crippen LogP contribution in [-0.4, -0.2) is 16.1 Å². The van der Waals surface area contributed by atoms with Crippen molar-refractivity contribution in [2.75, 3.05) is 4.90 Å². The van der Waals surface area contributed by atoms with E-state index in [0.29, 0.717) is 12.5 Å². The summed E-state index contributed by atoms with van der Waals surface area (Å²) in [5, 5.41) is 2.53. The van der Waals surface area contributed by atoms with Crippen molar-refractivity contribution >= 4 is 50.4 Å². The predicted octanol–water partition coefficient (Wildman–Crippen LogP) is 15.5. The molecule has 4 heteroatoms. The molecule has 2 heterocycles. The van der Waals surface area contributed by atoms with Gasteiger partial charge in [-0.25, -0.2) is 4.99 Å². The standard InChI is InChI=1S/C55H44N4.C2H6.C2H4/c1-36-24-26-39(27-25-36)37(2)57-55(56-35-38-14-5-3-6-15-38)47-21-13-17-42-30-40-28-29-45(33-48(40)54(42)47)59-51-23-12-10-20-46(51)49-32-43-31-41-16-9-11-22-50(41)58(52(43)34-53(49)59)44-18-7-4-8-19-44;2*1-2/h3-24,26-29,32-34,36H,25,30-31,35H2,1-2H3;1-2H3;1-2H2. The van der Waals surface area contributed by atoms with E-state index in [9.17, 15) is 0 Å². The largest absolute Gasteiger partial charge is 0.310 e. The van der Waals surface area contributed by atoms with Gasteiger partial charge >= 0.3 is 0 Å². The smallest absolute Gasteiger partial charge is 0.155 e. The van der Waals surface area contributed by atoms with Gasteiger partial charge in [0.1, 0.15) is 0 Å². The lowest BCUT2D eigenvalue weighted by Crippen LogP contribution is -2.18. The Balaban J connectivity index is 0.00000123. The van der Waals surface area contributed by atoms with Gasteiger partial charge in [-0.3, -0.25) is 4.99 Å². The fourth-order valence-electron chi connectivity index (χ4n) is 9.44. The molecule has 0 radical (unpaired) electrons. The number of para-hydroxylation sites is 3. The van der Waals surface area contributed by atoms with Crippen molar-refractivity contribution < 1.29 is 0 Å². The molecule has 0 spiro atoms. The number of amidine groups is 1. The maximum absolute atomic E-state index is 5.34. The number of anilines is 3. The van der Waals surface area contributed by atoms with E-state index in [1.807, 2.05) is 13.8 Å². The summed E-state index contributed by atoms with van der Waals surface area (Å²) in [4.78, 5) is 13.1. The van der Waals surface area contributed by atoms with Crippen LogP contribution in [0.5, 0.6) is 0 Å². The second-order valence-electron chi connectivity index (χ2n) is 16.2. The van der Waals surface area contributed by atoms with Gasteiger partial charge in [0.2, 0.25) is 0 Å². The van der Waals surface area contributed by atoms with Crippen LogP contribution < -0.4 is 4.90 Å². The van der Waals surface area contributed by atoms with Gasteiger partial charge in [0, 0.05) is 45.5 Å². The number of rotatable bonds is 6. The summed E-state index contributed by atoms with van der Waals surface area (Å²) in [5.41, 5.74) is 19.4. The van der Waals surface area contributed by atoms with Crippen LogP contribution in [-0.2, 0) is 19.4 Å². The molecule has 1 unspecified atom stereocenters. The molecular formula is C59H54N4. The molecule has 7 aromatic carbocycles. The highest BCUT2D eigenvalue weighted by atomic mass is 15.2. The number of allylic oxidation sites excluding steroid dienone is 4. The van der Waals surface area contributed by atoms with Crippen molar-refractivity contribution in [2.45, 2.75) is 53.5 Å². The van der Waals surface area contributed by atoms with Gasteiger partial charge < -0.3 is 9.47 Å². The zero-order chi connectivity index (χ0) is 43.5. The van der Waals surface area contributed by atoms with Crippen LogP contribution >= 0.6 is 0 Å². The Morgan fingerprint density at radius 2 is 1.35 bits per heavy atom. The van der Waals surface area contributed by atoms with Crippen molar-refractivity contribution in [2.24, 2.45) is 15.9 Å². The number of nitrogens with zero attached hydrogens (tertiary/aromatic N) is 4. The summed E-state index contributed by atoms with van der Waals surface area (Å²) in [5.74, 6) is 1.32. The Bertz CT molecular complexity index is 3090. The molecule has 0 bridgehead atoms. The molecule has 1 aliphatic heterocycles. The molecule has 11 rings (SSSR count). The first-order valence-electron chi connectivity index (χ1n) is 22.3. The maximum Gasteiger partial charge on any atom is 0.155 e. The second kappa shape index (κ2) is 18.0. The topological polar surface area (TPSA) is 32.9 Å². The normalized spacial score (nSPS) is 15.0. The molecule has 0 N–H and O–H groups in total. The Morgan fingerprint density at radius 3 is 2.14 bits per heavy atom. The third-order valence-corrected chi connectivity index (χ3v) is 12.4. The number of fused-ring (bicyclic) bond motifs is 8. The van der Waals surface area contributed by atoms with Crippen LogP contribution in [0.15, 0.2) is 205 Å². The number of hydrogen-bond donors (Lipinski definition) is 0. The zero-order valence-electron chi connectivity index (χ0n) is 36.9. The molecule has 0 amide bonds. The first kappa shape index (κ1) is 41.1. The molecule has 310 valence electrons. The number of aromatic nitrogens is 1. The average molecular weight is 819 g/mol. The van der Waals surface area contributed by atoms with Crippen LogP contribution in [0.3, 0.4) is 0 Å². The lowest BCUT2D eigenvalue weighted by molar-refractivity contribution is 0.734. The zero-order valence-corrected chi connectivity index (χ0v) is 36.9. The van der Waals surface area contributed by atoms with Gasteiger partial charge in [-0.05, 0) is 119 Å². The number of benzene rings is 7. The molecular weight excluding hydrogens is 765 g/mol. The van der Waals surface area contributed by atoms with Crippen LogP contribution in [0.25, 0.3) is 38.6 Å². The minimum absolute atomic E-state index is 0.542. The van der Waals surface area contributed by atoms with E-state index in [1.165, 1.54) is 77.7 Å². The Kier molecular flexibility index (Phi) is 11.7. The third-order valence-electron chi connectivity index (χ3n) is 12.4. The lowest BCUT2D eigenvalue weighted by Gasteiger charge is -2.33. The Morgan fingerprint density at radius 1 is 0.635 bits per heavy atom. The fraction of sp³-hybridized carbons (Fsp3) is 0.153. The summed E-state index contributed by atoms with van der Waals surface area (Å²) in [6, 6.07) is 57.6. The van der Waals surface area contributed by atoms with Crippen LogP contribution in [0, 0.1) is 5.92 Å². The quantitative estimate of drug-likeness (QED) is 0.0934. The van der Waals surface area contributed by atoms with Gasteiger partial charge in [-0.2, -0.15) is 0 Å². The molecule has 4 nitrogen and oxygen atoms in total. The highest BCUT2D eigenvalue weighted by Gasteiger charge is 2.28. The average Bonchev–Trinajstić information content (AvgIpc) is 3.88. The molecule has 8 aromatic rings. The Labute approximate surface area is 372 Å². The highest BCUT2D eigenvalue weighted by Crippen LogP contribution is 2.48. The summed E-state index contributed by atoms with van der Waals surface area (Å²) < 4.78 is 2.48. The first-order valence-corrected chi connectivity index (χ1v) is 22.3. The summed E-state index contributed by atoms with van der Waals surface area (Å²) in [6.07, 6.45) is 9.62. The SMILES string of the molecule is C=C.CC.CC(=NC(=NCc1ccccc1)c1cccc2c1-c1cc(-n3c4ccccc4c4cc5c(cc43)N(c3ccccc3)c3ccccc3C5)ccc1C2)C1=CCC(C)C=C1.